The number of amides is 2. The van der Waals surface area contributed by atoms with Gasteiger partial charge in [-0.1, -0.05) is 48.5 Å². The summed E-state index contributed by atoms with van der Waals surface area (Å²) in [6, 6.07) is 23.7. The van der Waals surface area contributed by atoms with Crippen LogP contribution in [-0.2, 0) is 16.0 Å². The van der Waals surface area contributed by atoms with Crippen molar-refractivity contribution in [3.8, 4) is 0 Å². The number of para-hydroxylation sites is 1. The number of benzene rings is 3. The van der Waals surface area contributed by atoms with Crippen molar-refractivity contribution in [3.05, 3.63) is 107 Å². The molecule has 1 aliphatic rings. The fourth-order valence-electron chi connectivity index (χ4n) is 4.58. The molecule has 3 aromatic carbocycles. The predicted octanol–water partition coefficient (Wildman–Crippen LogP) is 5.01. The second-order valence-electron chi connectivity index (χ2n) is 8.83. The molecule has 3 N–H and O–H groups in total. The summed E-state index contributed by atoms with van der Waals surface area (Å²) in [4.78, 5) is 42.0. The maximum Gasteiger partial charge on any atom is 0.339 e. The van der Waals surface area contributed by atoms with E-state index in [0.717, 1.165) is 35.2 Å². The Kier molecular flexibility index (Phi) is 6.76. The van der Waals surface area contributed by atoms with Crippen LogP contribution in [0, 0.1) is 0 Å². The zero-order chi connectivity index (χ0) is 25.8. The van der Waals surface area contributed by atoms with Crippen LogP contribution in [0.1, 0.15) is 50.4 Å². The molecule has 2 amide bonds. The summed E-state index contributed by atoms with van der Waals surface area (Å²) in [5, 5.41) is 3.36. The first-order valence-electron chi connectivity index (χ1n) is 12.0. The number of hydrogen-bond donors (Lipinski definition) is 2. The number of nitrogens with zero attached hydrogens (tertiary/aromatic N) is 1. The highest BCUT2D eigenvalue weighted by Crippen LogP contribution is 2.36. The summed E-state index contributed by atoms with van der Waals surface area (Å²) in [6.07, 6.45) is 4.56. The van der Waals surface area contributed by atoms with Crippen LogP contribution < -0.4 is 11.1 Å². The highest BCUT2D eigenvalue weighted by Gasteiger charge is 2.26. The van der Waals surface area contributed by atoms with Crippen LogP contribution in [0.25, 0.3) is 22.6 Å². The number of esters is 1. The number of carbonyl (C=O) groups excluding carboxylic acids is 3. The molecule has 0 radical (unpaired) electrons. The maximum absolute atomic E-state index is 13.4. The molecule has 4 aromatic rings. The van der Waals surface area contributed by atoms with E-state index in [1.807, 2.05) is 54.6 Å². The Balaban J connectivity index is 1.41. The summed E-state index contributed by atoms with van der Waals surface area (Å²) in [6.45, 7) is -0.450. The minimum atomic E-state index is -0.560. The monoisotopic (exact) mass is 491 g/mol. The van der Waals surface area contributed by atoms with Gasteiger partial charge in [-0.15, -0.1) is 0 Å². The molecular formula is C30H25N3O4. The van der Waals surface area contributed by atoms with Gasteiger partial charge in [0.25, 0.3) is 5.91 Å². The van der Waals surface area contributed by atoms with Gasteiger partial charge >= 0.3 is 5.97 Å². The molecule has 0 saturated heterocycles. The Labute approximate surface area is 214 Å². The van der Waals surface area contributed by atoms with E-state index in [1.165, 1.54) is 12.1 Å². The molecule has 0 fully saturated rings. The molecule has 0 unspecified atom stereocenters. The lowest BCUT2D eigenvalue weighted by molar-refractivity contribution is -0.119. The van der Waals surface area contributed by atoms with Crippen LogP contribution in [0.2, 0.25) is 0 Å². The van der Waals surface area contributed by atoms with Crippen LogP contribution in [0.3, 0.4) is 0 Å². The van der Waals surface area contributed by atoms with Crippen molar-refractivity contribution in [1.82, 2.24) is 4.98 Å². The molecule has 0 saturated carbocycles. The molecule has 0 bridgehead atoms. The largest absolute Gasteiger partial charge is 0.452 e. The Morgan fingerprint density at radius 2 is 1.65 bits per heavy atom. The fourth-order valence-corrected chi connectivity index (χ4v) is 4.58. The van der Waals surface area contributed by atoms with Crippen molar-refractivity contribution in [2.24, 2.45) is 5.73 Å². The Hall–Kier alpha value is -4.78. The van der Waals surface area contributed by atoms with Crippen LogP contribution in [-0.4, -0.2) is 29.4 Å². The molecule has 1 aromatic heterocycles. The van der Waals surface area contributed by atoms with E-state index in [-0.39, 0.29) is 0 Å². The van der Waals surface area contributed by atoms with E-state index >= 15 is 0 Å². The highest BCUT2D eigenvalue weighted by atomic mass is 16.5. The number of nitrogens with one attached hydrogen (secondary N) is 1. The summed E-state index contributed by atoms with van der Waals surface area (Å²) >= 11 is 0. The van der Waals surface area contributed by atoms with E-state index in [9.17, 15) is 14.4 Å². The van der Waals surface area contributed by atoms with Crippen molar-refractivity contribution in [2.45, 2.75) is 19.3 Å². The number of anilines is 1. The smallest absolute Gasteiger partial charge is 0.339 e. The molecule has 37 heavy (non-hydrogen) atoms. The van der Waals surface area contributed by atoms with Crippen molar-refractivity contribution in [3.63, 3.8) is 0 Å². The SMILES string of the molecule is NC(=O)c1ccc(NC(=O)COC(=O)c2c3c(nc4ccccc24)/C(=C/c2ccccc2)CCC3)cc1. The van der Waals surface area contributed by atoms with E-state index in [0.29, 0.717) is 34.1 Å². The maximum atomic E-state index is 13.4. The number of ether oxygens (including phenoxy) is 1. The van der Waals surface area contributed by atoms with Gasteiger partial charge in [0.1, 0.15) is 0 Å². The Morgan fingerprint density at radius 3 is 2.41 bits per heavy atom. The molecule has 1 heterocycles. The van der Waals surface area contributed by atoms with Gasteiger partial charge in [0, 0.05) is 16.6 Å². The Bertz CT molecular complexity index is 1530. The number of allylic oxidation sites excluding steroid dienone is 1. The molecule has 7 nitrogen and oxygen atoms in total. The summed E-state index contributed by atoms with van der Waals surface area (Å²) in [5.41, 5.74) is 11.0. The minimum absolute atomic E-state index is 0.333. The topological polar surface area (TPSA) is 111 Å². The number of rotatable bonds is 6. The first kappa shape index (κ1) is 23.9. The number of pyridine rings is 1. The van der Waals surface area contributed by atoms with Gasteiger partial charge in [-0.3, -0.25) is 9.59 Å². The number of nitrogens with two attached hydrogens (primary N) is 1. The van der Waals surface area contributed by atoms with Crippen molar-refractivity contribution >= 4 is 46.0 Å². The lowest BCUT2D eigenvalue weighted by Crippen LogP contribution is -2.22. The minimum Gasteiger partial charge on any atom is -0.452 e. The average Bonchev–Trinajstić information content (AvgIpc) is 2.91. The van der Waals surface area contributed by atoms with Gasteiger partial charge in [0.05, 0.1) is 16.8 Å². The Morgan fingerprint density at radius 1 is 0.919 bits per heavy atom. The van der Waals surface area contributed by atoms with Crippen LogP contribution in [0.5, 0.6) is 0 Å². The van der Waals surface area contributed by atoms with Crippen LogP contribution in [0.4, 0.5) is 5.69 Å². The lowest BCUT2D eigenvalue weighted by Gasteiger charge is -2.22. The molecule has 0 aliphatic heterocycles. The first-order chi connectivity index (χ1) is 18.0. The second kappa shape index (κ2) is 10.5. The van der Waals surface area contributed by atoms with Gasteiger partial charge in [0.15, 0.2) is 6.61 Å². The number of aromatic nitrogens is 1. The van der Waals surface area contributed by atoms with E-state index < -0.39 is 24.4 Å². The van der Waals surface area contributed by atoms with E-state index in [2.05, 4.69) is 11.4 Å². The molecule has 0 spiro atoms. The number of fused-ring (bicyclic) bond motifs is 2. The molecule has 184 valence electrons. The van der Waals surface area contributed by atoms with Crippen molar-refractivity contribution < 1.29 is 19.1 Å². The molecular weight excluding hydrogens is 466 g/mol. The molecule has 5 rings (SSSR count). The molecule has 0 atom stereocenters. The standard InChI is InChI=1S/C30H25N3O4/c31-29(35)20-13-15-22(16-14-20)32-26(34)18-37-30(36)27-23-10-4-5-12-25(23)33-28-21(9-6-11-24(27)28)17-19-7-2-1-3-8-19/h1-5,7-8,10,12-17H,6,9,11,18H2,(H2,31,35)(H,32,34)/b21-17+. The van der Waals surface area contributed by atoms with E-state index in [4.69, 9.17) is 15.5 Å². The van der Waals surface area contributed by atoms with Crippen LogP contribution in [0.15, 0.2) is 78.9 Å². The third kappa shape index (κ3) is 5.26. The van der Waals surface area contributed by atoms with Crippen LogP contribution >= 0.6 is 0 Å². The number of carbonyl (C=O) groups is 3. The average molecular weight is 492 g/mol. The molecule has 7 heteroatoms. The first-order valence-corrected chi connectivity index (χ1v) is 12.0. The quantitative estimate of drug-likeness (QED) is 0.369. The van der Waals surface area contributed by atoms with Crippen molar-refractivity contribution in [1.29, 1.82) is 0 Å². The van der Waals surface area contributed by atoms with Gasteiger partial charge < -0.3 is 15.8 Å². The van der Waals surface area contributed by atoms with Gasteiger partial charge in [0.2, 0.25) is 5.91 Å². The third-order valence-electron chi connectivity index (χ3n) is 6.30. The zero-order valence-corrected chi connectivity index (χ0v) is 20.1. The lowest BCUT2D eigenvalue weighted by atomic mass is 9.86. The number of hydrogen-bond acceptors (Lipinski definition) is 5. The predicted molar refractivity (Wildman–Crippen MR) is 143 cm³/mol. The van der Waals surface area contributed by atoms with Gasteiger partial charge in [-0.2, -0.15) is 0 Å². The third-order valence-corrected chi connectivity index (χ3v) is 6.30. The zero-order valence-electron chi connectivity index (χ0n) is 20.1. The second-order valence-corrected chi connectivity index (χ2v) is 8.83. The summed E-state index contributed by atoms with van der Waals surface area (Å²) in [7, 11) is 0. The highest BCUT2D eigenvalue weighted by molar-refractivity contribution is 6.07. The van der Waals surface area contributed by atoms with Crippen molar-refractivity contribution in [2.75, 3.05) is 11.9 Å². The fraction of sp³-hybridized carbons (Fsp3) is 0.133. The summed E-state index contributed by atoms with van der Waals surface area (Å²) < 4.78 is 5.48. The molecule has 1 aliphatic carbocycles. The summed E-state index contributed by atoms with van der Waals surface area (Å²) in [5.74, 6) is -1.60. The number of primary amides is 1. The van der Waals surface area contributed by atoms with Gasteiger partial charge in [-0.25, -0.2) is 9.78 Å². The van der Waals surface area contributed by atoms with Gasteiger partial charge in [-0.05, 0) is 72.4 Å². The van der Waals surface area contributed by atoms with E-state index in [1.54, 1.807) is 12.1 Å². The normalized spacial score (nSPS) is 13.7.